The fraction of sp³-hybridized carbons (Fsp3) is 0.200. The molecule has 0 aromatic heterocycles. The molecule has 0 aliphatic carbocycles. The van der Waals surface area contributed by atoms with E-state index in [4.69, 9.17) is 11.6 Å². The molecule has 0 atom stereocenters. The SMILES string of the molecule is CC(=O)N(Cc1ccccc1)Cc1cc(NC(=O)c2ccccc2Cl)ccc1N(C)C. The molecule has 3 rings (SSSR count). The summed E-state index contributed by atoms with van der Waals surface area (Å²) < 4.78 is 0. The number of amides is 2. The molecule has 0 spiro atoms. The number of anilines is 2. The van der Waals surface area contributed by atoms with Crippen molar-refractivity contribution in [2.24, 2.45) is 0 Å². The van der Waals surface area contributed by atoms with E-state index in [9.17, 15) is 9.59 Å². The lowest BCUT2D eigenvalue weighted by atomic mass is 10.1. The van der Waals surface area contributed by atoms with Crippen molar-refractivity contribution in [3.63, 3.8) is 0 Å². The van der Waals surface area contributed by atoms with Gasteiger partial charge in [-0.1, -0.05) is 54.1 Å². The highest BCUT2D eigenvalue weighted by Crippen LogP contribution is 2.26. The molecule has 0 bridgehead atoms. The minimum Gasteiger partial charge on any atom is -0.377 e. The molecular formula is C25H26ClN3O2. The zero-order chi connectivity index (χ0) is 22.4. The van der Waals surface area contributed by atoms with Gasteiger partial charge in [-0.25, -0.2) is 0 Å². The van der Waals surface area contributed by atoms with Gasteiger partial charge in [0.1, 0.15) is 0 Å². The first-order chi connectivity index (χ1) is 14.8. The van der Waals surface area contributed by atoms with Gasteiger partial charge in [0.15, 0.2) is 0 Å². The van der Waals surface area contributed by atoms with Crippen LogP contribution < -0.4 is 10.2 Å². The van der Waals surface area contributed by atoms with Crippen LogP contribution in [0.25, 0.3) is 0 Å². The van der Waals surface area contributed by atoms with Gasteiger partial charge in [0.25, 0.3) is 5.91 Å². The summed E-state index contributed by atoms with van der Waals surface area (Å²) in [5.74, 6) is -0.291. The molecule has 0 aliphatic rings. The van der Waals surface area contributed by atoms with E-state index < -0.39 is 0 Å². The summed E-state index contributed by atoms with van der Waals surface area (Å²) in [6, 6.07) is 22.5. The summed E-state index contributed by atoms with van der Waals surface area (Å²) in [4.78, 5) is 28.8. The molecule has 0 saturated carbocycles. The lowest BCUT2D eigenvalue weighted by Gasteiger charge is -2.25. The van der Waals surface area contributed by atoms with Crippen molar-refractivity contribution in [1.82, 2.24) is 4.90 Å². The van der Waals surface area contributed by atoms with Gasteiger partial charge in [-0.2, -0.15) is 0 Å². The molecule has 3 aromatic rings. The predicted molar refractivity (Wildman–Crippen MR) is 127 cm³/mol. The molecule has 1 N–H and O–H groups in total. The molecular weight excluding hydrogens is 410 g/mol. The topological polar surface area (TPSA) is 52.7 Å². The summed E-state index contributed by atoms with van der Waals surface area (Å²) in [7, 11) is 3.91. The van der Waals surface area contributed by atoms with Crippen molar-refractivity contribution in [2.45, 2.75) is 20.0 Å². The maximum absolute atomic E-state index is 12.7. The smallest absolute Gasteiger partial charge is 0.257 e. The normalized spacial score (nSPS) is 10.5. The molecule has 0 radical (unpaired) electrons. The van der Waals surface area contributed by atoms with E-state index in [1.54, 1.807) is 36.1 Å². The van der Waals surface area contributed by atoms with Crippen LogP contribution in [-0.2, 0) is 17.9 Å². The van der Waals surface area contributed by atoms with E-state index in [2.05, 4.69) is 5.32 Å². The van der Waals surface area contributed by atoms with Crippen LogP contribution in [0.15, 0.2) is 72.8 Å². The summed E-state index contributed by atoms with van der Waals surface area (Å²) in [5.41, 5.74) is 4.04. The van der Waals surface area contributed by atoms with E-state index in [0.717, 1.165) is 16.8 Å². The molecule has 0 fully saturated rings. The minimum atomic E-state index is -0.276. The Balaban J connectivity index is 1.86. The molecule has 0 heterocycles. The maximum atomic E-state index is 12.7. The maximum Gasteiger partial charge on any atom is 0.257 e. The summed E-state index contributed by atoms with van der Waals surface area (Å²) in [6.07, 6.45) is 0. The van der Waals surface area contributed by atoms with Crippen LogP contribution in [0.2, 0.25) is 5.02 Å². The quantitative estimate of drug-likeness (QED) is 0.554. The highest BCUT2D eigenvalue weighted by molar-refractivity contribution is 6.34. The zero-order valence-electron chi connectivity index (χ0n) is 17.9. The lowest BCUT2D eigenvalue weighted by molar-refractivity contribution is -0.130. The Kier molecular flexibility index (Phi) is 7.32. The molecule has 0 unspecified atom stereocenters. The number of nitrogens with zero attached hydrogens (tertiary/aromatic N) is 2. The molecule has 6 heteroatoms. The number of rotatable bonds is 7. The summed E-state index contributed by atoms with van der Waals surface area (Å²) in [5, 5.41) is 3.31. The number of halogens is 1. The average molecular weight is 436 g/mol. The second-order valence-corrected chi connectivity index (χ2v) is 7.94. The van der Waals surface area contributed by atoms with E-state index in [0.29, 0.717) is 29.4 Å². The first-order valence-corrected chi connectivity index (χ1v) is 10.4. The van der Waals surface area contributed by atoms with E-state index in [-0.39, 0.29) is 11.8 Å². The number of carbonyl (C=O) groups is 2. The average Bonchev–Trinajstić information content (AvgIpc) is 2.74. The van der Waals surface area contributed by atoms with Crippen molar-refractivity contribution in [3.05, 3.63) is 94.5 Å². The second-order valence-electron chi connectivity index (χ2n) is 7.53. The van der Waals surface area contributed by atoms with Gasteiger partial charge in [-0.15, -0.1) is 0 Å². The Morgan fingerprint density at radius 2 is 1.58 bits per heavy atom. The summed E-state index contributed by atoms with van der Waals surface area (Å²) >= 11 is 6.15. The van der Waals surface area contributed by atoms with Gasteiger partial charge in [0.05, 0.1) is 10.6 Å². The number of benzene rings is 3. The van der Waals surface area contributed by atoms with Crippen LogP contribution >= 0.6 is 11.6 Å². The van der Waals surface area contributed by atoms with Gasteiger partial charge < -0.3 is 15.1 Å². The lowest BCUT2D eigenvalue weighted by Crippen LogP contribution is -2.28. The van der Waals surface area contributed by atoms with E-state index in [1.165, 1.54) is 0 Å². The first-order valence-electron chi connectivity index (χ1n) is 10.0. The van der Waals surface area contributed by atoms with Crippen molar-refractivity contribution >= 4 is 34.8 Å². The highest BCUT2D eigenvalue weighted by Gasteiger charge is 2.16. The number of hydrogen-bond acceptors (Lipinski definition) is 3. The third kappa shape index (κ3) is 5.86. The summed E-state index contributed by atoms with van der Waals surface area (Å²) in [6.45, 7) is 2.51. The molecule has 0 aliphatic heterocycles. The Labute approximate surface area is 188 Å². The Morgan fingerprint density at radius 1 is 0.903 bits per heavy atom. The minimum absolute atomic E-state index is 0.0148. The van der Waals surface area contributed by atoms with Crippen LogP contribution in [0.5, 0.6) is 0 Å². The van der Waals surface area contributed by atoms with Gasteiger partial charge in [0, 0.05) is 45.5 Å². The van der Waals surface area contributed by atoms with Crippen LogP contribution in [0.1, 0.15) is 28.4 Å². The molecule has 0 saturated heterocycles. The van der Waals surface area contributed by atoms with Crippen LogP contribution in [-0.4, -0.2) is 30.8 Å². The molecule has 160 valence electrons. The van der Waals surface area contributed by atoms with E-state index in [1.807, 2.05) is 67.5 Å². The number of carbonyl (C=O) groups excluding carboxylic acids is 2. The molecule has 2 amide bonds. The van der Waals surface area contributed by atoms with Crippen LogP contribution in [0.3, 0.4) is 0 Å². The van der Waals surface area contributed by atoms with Crippen LogP contribution in [0, 0.1) is 0 Å². The fourth-order valence-corrected chi connectivity index (χ4v) is 3.58. The largest absolute Gasteiger partial charge is 0.377 e. The van der Waals surface area contributed by atoms with Gasteiger partial charge >= 0.3 is 0 Å². The van der Waals surface area contributed by atoms with Gasteiger partial charge in [0.2, 0.25) is 5.91 Å². The first kappa shape index (κ1) is 22.4. The fourth-order valence-electron chi connectivity index (χ4n) is 3.36. The second kappa shape index (κ2) is 10.1. The Hall–Kier alpha value is -3.31. The standard InChI is InChI=1S/C25H26ClN3O2/c1-18(30)29(16-19-9-5-4-6-10-19)17-20-15-21(13-14-24(20)28(2)3)27-25(31)22-11-7-8-12-23(22)26/h4-15H,16-17H2,1-3H3,(H,27,31). The number of nitrogens with one attached hydrogen (secondary N) is 1. The van der Waals surface area contributed by atoms with Crippen molar-refractivity contribution in [1.29, 1.82) is 0 Å². The predicted octanol–water partition coefficient (Wildman–Crippen LogP) is 5.21. The van der Waals surface area contributed by atoms with Crippen molar-refractivity contribution in [3.8, 4) is 0 Å². The monoisotopic (exact) mass is 435 g/mol. The van der Waals surface area contributed by atoms with Gasteiger partial charge in [-0.3, -0.25) is 9.59 Å². The molecule has 5 nitrogen and oxygen atoms in total. The Morgan fingerprint density at radius 3 is 2.23 bits per heavy atom. The van der Waals surface area contributed by atoms with Crippen LogP contribution in [0.4, 0.5) is 11.4 Å². The Bertz CT molecular complexity index is 1070. The van der Waals surface area contributed by atoms with Gasteiger partial charge in [-0.05, 0) is 41.5 Å². The highest BCUT2D eigenvalue weighted by atomic mass is 35.5. The molecule has 3 aromatic carbocycles. The third-order valence-electron chi connectivity index (χ3n) is 4.96. The molecule has 31 heavy (non-hydrogen) atoms. The third-order valence-corrected chi connectivity index (χ3v) is 5.29. The van der Waals surface area contributed by atoms with E-state index >= 15 is 0 Å². The van der Waals surface area contributed by atoms with Crippen molar-refractivity contribution < 1.29 is 9.59 Å². The number of hydrogen-bond donors (Lipinski definition) is 1. The zero-order valence-corrected chi connectivity index (χ0v) is 18.7. The van der Waals surface area contributed by atoms with Crippen molar-refractivity contribution in [2.75, 3.05) is 24.3 Å².